The molecule has 2 heterocycles. The van der Waals surface area contributed by atoms with Crippen molar-refractivity contribution in [1.82, 2.24) is 19.7 Å². The first-order valence-electron chi connectivity index (χ1n) is 9.86. The van der Waals surface area contributed by atoms with Crippen LogP contribution in [-0.2, 0) is 17.1 Å². The van der Waals surface area contributed by atoms with Crippen molar-refractivity contribution in [2.24, 2.45) is 7.05 Å². The fourth-order valence-corrected chi connectivity index (χ4v) is 5.17. The molecule has 1 unspecified atom stereocenters. The lowest BCUT2D eigenvalue weighted by Gasteiger charge is -2.36. The highest BCUT2D eigenvalue weighted by Gasteiger charge is 2.44. The van der Waals surface area contributed by atoms with Crippen molar-refractivity contribution < 1.29 is 26.3 Å². The van der Waals surface area contributed by atoms with Crippen LogP contribution < -0.4 is 9.46 Å². The Kier molecular flexibility index (Phi) is 6.23. The number of aryl methyl sites for hydroxylation is 1. The average molecular weight is 502 g/mol. The first kappa shape index (κ1) is 23.3. The molecule has 33 heavy (non-hydrogen) atoms. The summed E-state index contributed by atoms with van der Waals surface area (Å²) in [4.78, 5) is 6.70. The van der Waals surface area contributed by atoms with Gasteiger partial charge >= 0.3 is 0 Å². The van der Waals surface area contributed by atoms with Crippen LogP contribution in [0, 0.1) is 5.82 Å². The van der Waals surface area contributed by atoms with E-state index in [0.717, 1.165) is 18.5 Å². The second-order valence-corrected chi connectivity index (χ2v) is 9.71. The number of hydrogen-bond acceptors (Lipinski definition) is 6. The number of nitrogens with zero attached hydrogens (tertiary/aromatic N) is 4. The second-order valence-electron chi connectivity index (χ2n) is 7.65. The van der Waals surface area contributed by atoms with Crippen molar-refractivity contribution in [2.45, 2.75) is 42.1 Å². The highest BCUT2D eigenvalue weighted by molar-refractivity contribution is 7.92. The van der Waals surface area contributed by atoms with Gasteiger partial charge in [-0.05, 0) is 24.6 Å². The molecule has 3 aromatic rings. The molecule has 1 saturated carbocycles. The number of alkyl halides is 2. The van der Waals surface area contributed by atoms with E-state index in [2.05, 4.69) is 19.8 Å². The van der Waals surface area contributed by atoms with E-state index in [1.165, 1.54) is 23.1 Å². The fraction of sp³-hybridized carbons (Fsp3) is 0.350. The summed E-state index contributed by atoms with van der Waals surface area (Å²) in [7, 11) is -2.71. The minimum atomic E-state index is -4.35. The maximum absolute atomic E-state index is 14.8. The van der Waals surface area contributed by atoms with Crippen molar-refractivity contribution in [3.8, 4) is 5.75 Å². The van der Waals surface area contributed by atoms with Crippen LogP contribution in [0.2, 0.25) is 5.02 Å². The van der Waals surface area contributed by atoms with E-state index < -0.39 is 51.5 Å². The number of benzene rings is 1. The molecule has 0 spiro atoms. The number of ether oxygens (including phenoxy) is 1. The number of anilines is 1. The summed E-state index contributed by atoms with van der Waals surface area (Å²) >= 11 is 6.21. The van der Waals surface area contributed by atoms with Crippen molar-refractivity contribution in [3.63, 3.8) is 0 Å². The zero-order chi connectivity index (χ0) is 23.8. The van der Waals surface area contributed by atoms with Crippen molar-refractivity contribution in [1.29, 1.82) is 0 Å². The molecule has 0 bridgehead atoms. The fourth-order valence-electron chi connectivity index (χ4n) is 3.81. The number of rotatable bonds is 6. The Morgan fingerprint density at radius 3 is 2.73 bits per heavy atom. The lowest BCUT2D eigenvalue weighted by molar-refractivity contribution is -0.0697. The second kappa shape index (κ2) is 8.82. The van der Waals surface area contributed by atoms with Gasteiger partial charge in [0.15, 0.2) is 0 Å². The smallest absolute Gasteiger partial charge is 0.266 e. The Morgan fingerprint density at radius 2 is 2.06 bits per heavy atom. The monoisotopic (exact) mass is 501 g/mol. The van der Waals surface area contributed by atoms with Crippen LogP contribution in [0.25, 0.3) is 0 Å². The third kappa shape index (κ3) is 5.06. The van der Waals surface area contributed by atoms with Gasteiger partial charge in [-0.2, -0.15) is 5.10 Å². The predicted molar refractivity (Wildman–Crippen MR) is 113 cm³/mol. The molecule has 0 saturated heterocycles. The van der Waals surface area contributed by atoms with Gasteiger partial charge in [0.1, 0.15) is 34.7 Å². The first-order valence-corrected chi connectivity index (χ1v) is 11.7. The molecular weight excluding hydrogens is 483 g/mol. The minimum absolute atomic E-state index is 0.00386. The molecule has 0 aliphatic heterocycles. The normalized spacial score (nSPS) is 20.4. The molecule has 1 fully saturated rings. The highest BCUT2D eigenvalue weighted by atomic mass is 35.5. The summed E-state index contributed by atoms with van der Waals surface area (Å²) in [5, 5.41) is 3.85. The van der Waals surface area contributed by atoms with Gasteiger partial charge in [0.25, 0.3) is 10.0 Å². The summed E-state index contributed by atoms with van der Waals surface area (Å²) < 4.78 is 77.8. The lowest BCUT2D eigenvalue weighted by Crippen LogP contribution is -2.38. The number of aromatic nitrogens is 4. The molecule has 13 heteroatoms. The molecule has 1 N–H and O–H groups in total. The van der Waals surface area contributed by atoms with Gasteiger partial charge in [0, 0.05) is 50.0 Å². The van der Waals surface area contributed by atoms with Gasteiger partial charge in [0.05, 0.1) is 5.02 Å². The van der Waals surface area contributed by atoms with Gasteiger partial charge in [-0.3, -0.25) is 9.40 Å². The SMILES string of the molecule is Cn1nccc1C1CC(F)(F)CC[C@H]1Oc1cc(F)c(S(=O)(=O)Nc2ccncn2)cc1Cl. The molecular formula is C20H19ClF3N5O3S. The number of hydrogen-bond donors (Lipinski definition) is 1. The van der Waals surface area contributed by atoms with E-state index in [-0.39, 0.29) is 23.0 Å². The van der Waals surface area contributed by atoms with Gasteiger partial charge in [-0.15, -0.1) is 0 Å². The van der Waals surface area contributed by atoms with Crippen LogP contribution in [0.4, 0.5) is 19.0 Å². The van der Waals surface area contributed by atoms with Crippen LogP contribution in [-0.4, -0.2) is 40.2 Å². The van der Waals surface area contributed by atoms with E-state index in [1.54, 1.807) is 13.1 Å². The summed E-state index contributed by atoms with van der Waals surface area (Å²) in [6.07, 6.45) is 2.33. The Bertz CT molecular complexity index is 1260. The highest BCUT2D eigenvalue weighted by Crippen LogP contribution is 2.44. The average Bonchev–Trinajstić information content (AvgIpc) is 3.17. The molecule has 0 radical (unpaired) electrons. The molecule has 176 valence electrons. The van der Waals surface area contributed by atoms with E-state index in [4.69, 9.17) is 16.3 Å². The molecule has 4 rings (SSSR count). The van der Waals surface area contributed by atoms with Gasteiger partial charge in [-0.25, -0.2) is 31.6 Å². The standard InChI is InChI=1S/C20H19ClF3N5O3S/c1-29-15(3-7-27-29)12-10-20(23,24)5-2-16(12)32-17-9-14(22)18(8-13(17)21)33(30,31)28-19-4-6-25-11-26-19/h3-4,6-9,11-12,16H,2,5,10H2,1H3,(H,25,26,28)/t12?,16-/m1/s1. The predicted octanol–water partition coefficient (Wildman–Crippen LogP) is 4.15. The van der Waals surface area contributed by atoms with Gasteiger partial charge in [0.2, 0.25) is 5.92 Å². The summed E-state index contributed by atoms with van der Waals surface area (Å²) in [6, 6.07) is 4.67. The number of halogens is 4. The van der Waals surface area contributed by atoms with Crippen molar-refractivity contribution in [2.75, 3.05) is 4.72 Å². The Morgan fingerprint density at radius 1 is 1.27 bits per heavy atom. The van der Waals surface area contributed by atoms with Crippen LogP contribution in [0.1, 0.15) is 30.9 Å². The largest absolute Gasteiger partial charge is 0.488 e. The minimum Gasteiger partial charge on any atom is -0.488 e. The van der Waals surface area contributed by atoms with Gasteiger partial charge < -0.3 is 4.74 Å². The van der Waals surface area contributed by atoms with Crippen LogP contribution in [0.3, 0.4) is 0 Å². The molecule has 2 aromatic heterocycles. The molecule has 1 aliphatic carbocycles. The quantitative estimate of drug-likeness (QED) is 0.544. The molecule has 2 atom stereocenters. The Hall–Kier alpha value is -2.86. The Labute approximate surface area is 192 Å². The van der Waals surface area contributed by atoms with E-state index >= 15 is 0 Å². The molecule has 1 aliphatic rings. The number of nitrogens with one attached hydrogen (secondary N) is 1. The third-order valence-electron chi connectivity index (χ3n) is 5.38. The maximum atomic E-state index is 14.8. The molecule has 0 amide bonds. The summed E-state index contributed by atoms with van der Waals surface area (Å²) in [5.74, 6) is -4.91. The van der Waals surface area contributed by atoms with E-state index in [9.17, 15) is 21.6 Å². The topological polar surface area (TPSA) is 99.0 Å². The van der Waals surface area contributed by atoms with Crippen LogP contribution >= 0.6 is 11.6 Å². The van der Waals surface area contributed by atoms with E-state index in [1.807, 2.05) is 0 Å². The van der Waals surface area contributed by atoms with Crippen LogP contribution in [0.15, 0.2) is 47.9 Å². The van der Waals surface area contributed by atoms with Crippen molar-refractivity contribution in [3.05, 3.63) is 59.5 Å². The first-order chi connectivity index (χ1) is 15.6. The Balaban J connectivity index is 1.61. The van der Waals surface area contributed by atoms with Gasteiger partial charge in [-0.1, -0.05) is 11.6 Å². The maximum Gasteiger partial charge on any atom is 0.266 e. The van der Waals surface area contributed by atoms with Crippen LogP contribution in [0.5, 0.6) is 5.75 Å². The third-order valence-corrected chi connectivity index (χ3v) is 7.04. The van der Waals surface area contributed by atoms with E-state index in [0.29, 0.717) is 5.69 Å². The lowest BCUT2D eigenvalue weighted by atomic mass is 9.81. The van der Waals surface area contributed by atoms with Crippen molar-refractivity contribution >= 4 is 27.4 Å². The summed E-state index contributed by atoms with van der Waals surface area (Å²) in [6.45, 7) is 0. The zero-order valence-corrected chi connectivity index (χ0v) is 18.8. The molecule has 8 nitrogen and oxygen atoms in total. The summed E-state index contributed by atoms with van der Waals surface area (Å²) in [5.41, 5.74) is 0.546. The molecule has 1 aromatic carbocycles. The zero-order valence-electron chi connectivity index (χ0n) is 17.3. The number of sulfonamides is 1.